The number of benzene rings is 3. The van der Waals surface area contributed by atoms with Crippen LogP contribution in [0, 0.1) is 0 Å². The summed E-state index contributed by atoms with van der Waals surface area (Å²) in [7, 11) is 0. The molecule has 0 aliphatic rings. The predicted molar refractivity (Wildman–Crippen MR) is 89.3 cm³/mol. The third-order valence-electron chi connectivity index (χ3n) is 3.68. The van der Waals surface area contributed by atoms with E-state index in [0.717, 1.165) is 12.8 Å². The van der Waals surface area contributed by atoms with Gasteiger partial charge < -0.3 is 0 Å². The highest BCUT2D eigenvalue weighted by molar-refractivity contribution is 5.98. The Kier molecular flexibility index (Phi) is 3.39. The van der Waals surface area contributed by atoms with Crippen LogP contribution in [0.15, 0.2) is 73.8 Å². The summed E-state index contributed by atoms with van der Waals surface area (Å²) in [6, 6.07) is 17.8. The molecule has 0 heteroatoms. The maximum absolute atomic E-state index is 3.81. The highest BCUT2D eigenvalue weighted by Crippen LogP contribution is 2.25. The molecule has 0 amide bonds. The van der Waals surface area contributed by atoms with Gasteiger partial charge in [0.1, 0.15) is 0 Å². The molecule has 0 N–H and O–H groups in total. The third-order valence-corrected chi connectivity index (χ3v) is 3.68. The van der Waals surface area contributed by atoms with E-state index in [9.17, 15) is 0 Å². The molecule has 0 fully saturated rings. The normalized spacial score (nSPS) is 10.8. The van der Waals surface area contributed by atoms with E-state index in [2.05, 4.69) is 61.7 Å². The number of rotatable bonds is 4. The van der Waals surface area contributed by atoms with Crippen molar-refractivity contribution in [1.29, 1.82) is 0 Å². The van der Waals surface area contributed by atoms with Crippen molar-refractivity contribution < 1.29 is 0 Å². The molecule has 0 unspecified atom stereocenters. The summed E-state index contributed by atoms with van der Waals surface area (Å²) in [4.78, 5) is 0. The molecule has 0 aromatic heterocycles. The Hall–Kier alpha value is -2.34. The molecule has 0 atom stereocenters. The van der Waals surface area contributed by atoms with E-state index < -0.39 is 0 Å². The second-order valence-corrected chi connectivity index (χ2v) is 5.20. The Bertz CT molecular complexity index is 729. The summed E-state index contributed by atoms with van der Waals surface area (Å²) >= 11 is 0. The second kappa shape index (κ2) is 5.34. The molecule has 20 heavy (non-hydrogen) atoms. The van der Waals surface area contributed by atoms with E-state index in [1.165, 1.54) is 32.7 Å². The van der Waals surface area contributed by atoms with Gasteiger partial charge in [-0.3, -0.25) is 0 Å². The number of fused-ring (bicyclic) bond motifs is 2. The van der Waals surface area contributed by atoms with Gasteiger partial charge in [-0.2, -0.15) is 0 Å². The minimum absolute atomic E-state index is 0.921. The molecule has 3 rings (SSSR count). The Morgan fingerprint density at radius 3 is 1.50 bits per heavy atom. The van der Waals surface area contributed by atoms with Gasteiger partial charge in [0.05, 0.1) is 0 Å². The lowest BCUT2D eigenvalue weighted by molar-refractivity contribution is 1.29. The quantitative estimate of drug-likeness (QED) is 0.431. The summed E-state index contributed by atoms with van der Waals surface area (Å²) in [6.07, 6.45) is 5.74. The van der Waals surface area contributed by atoms with Crippen LogP contribution in [-0.4, -0.2) is 0 Å². The van der Waals surface area contributed by atoms with Crippen LogP contribution in [0.2, 0.25) is 0 Å². The molecule has 0 aliphatic carbocycles. The molecule has 0 nitrogen and oxygen atoms in total. The Morgan fingerprint density at radius 1 is 0.600 bits per heavy atom. The van der Waals surface area contributed by atoms with Crippen molar-refractivity contribution in [2.24, 2.45) is 0 Å². The lowest BCUT2D eigenvalue weighted by Gasteiger charge is -2.06. The van der Waals surface area contributed by atoms with Gasteiger partial charge in [0.2, 0.25) is 0 Å². The van der Waals surface area contributed by atoms with E-state index in [1.54, 1.807) is 0 Å². The highest BCUT2D eigenvalue weighted by atomic mass is 14.1. The molecular weight excluding hydrogens is 240 g/mol. The van der Waals surface area contributed by atoms with Gasteiger partial charge in [0.15, 0.2) is 0 Å². The van der Waals surface area contributed by atoms with Crippen molar-refractivity contribution in [3.63, 3.8) is 0 Å². The molecule has 0 aliphatic heterocycles. The van der Waals surface area contributed by atoms with Crippen LogP contribution in [0.5, 0.6) is 0 Å². The fourth-order valence-electron chi connectivity index (χ4n) is 2.68. The lowest BCUT2D eigenvalue weighted by Crippen LogP contribution is -1.84. The van der Waals surface area contributed by atoms with Gasteiger partial charge in [-0.1, -0.05) is 48.6 Å². The van der Waals surface area contributed by atoms with Crippen molar-refractivity contribution in [3.05, 3.63) is 85.0 Å². The number of allylic oxidation sites excluding steroid dienone is 2. The van der Waals surface area contributed by atoms with Crippen LogP contribution in [-0.2, 0) is 12.8 Å². The minimum atomic E-state index is 0.921. The maximum Gasteiger partial charge on any atom is -0.00999 e. The van der Waals surface area contributed by atoms with Gasteiger partial charge in [-0.05, 0) is 57.6 Å². The highest BCUT2D eigenvalue weighted by Gasteiger charge is 2.01. The topological polar surface area (TPSA) is 0 Å². The van der Waals surface area contributed by atoms with Crippen LogP contribution in [0.1, 0.15) is 11.1 Å². The fourth-order valence-corrected chi connectivity index (χ4v) is 2.68. The van der Waals surface area contributed by atoms with Crippen molar-refractivity contribution in [3.8, 4) is 0 Å². The van der Waals surface area contributed by atoms with Crippen molar-refractivity contribution in [1.82, 2.24) is 0 Å². The van der Waals surface area contributed by atoms with Crippen LogP contribution in [0.25, 0.3) is 21.5 Å². The zero-order valence-electron chi connectivity index (χ0n) is 11.6. The largest absolute Gasteiger partial charge is 0.103 e. The molecule has 0 saturated heterocycles. The first-order valence-electron chi connectivity index (χ1n) is 6.97. The van der Waals surface area contributed by atoms with E-state index in [1.807, 2.05) is 12.2 Å². The molecule has 0 bridgehead atoms. The van der Waals surface area contributed by atoms with Crippen LogP contribution < -0.4 is 0 Å². The summed E-state index contributed by atoms with van der Waals surface area (Å²) in [5.41, 5.74) is 2.63. The van der Waals surface area contributed by atoms with Crippen molar-refractivity contribution in [2.75, 3.05) is 0 Å². The van der Waals surface area contributed by atoms with Gasteiger partial charge in [0.25, 0.3) is 0 Å². The van der Waals surface area contributed by atoms with E-state index in [4.69, 9.17) is 0 Å². The zero-order valence-corrected chi connectivity index (χ0v) is 11.6. The summed E-state index contributed by atoms with van der Waals surface area (Å²) in [5.74, 6) is 0. The molecule has 3 aromatic carbocycles. The molecule has 0 radical (unpaired) electrons. The van der Waals surface area contributed by atoms with Crippen molar-refractivity contribution >= 4 is 21.5 Å². The van der Waals surface area contributed by atoms with Gasteiger partial charge in [-0.15, -0.1) is 13.2 Å². The monoisotopic (exact) mass is 258 g/mol. The molecular formula is C20H18. The van der Waals surface area contributed by atoms with Crippen LogP contribution in [0.4, 0.5) is 0 Å². The molecule has 0 saturated carbocycles. The van der Waals surface area contributed by atoms with Crippen LogP contribution >= 0.6 is 0 Å². The summed E-state index contributed by atoms with van der Waals surface area (Å²) in [6.45, 7) is 7.62. The minimum Gasteiger partial charge on any atom is -0.103 e. The fraction of sp³-hybridized carbons (Fsp3) is 0.100. The Morgan fingerprint density at radius 2 is 1.05 bits per heavy atom. The van der Waals surface area contributed by atoms with Gasteiger partial charge >= 0.3 is 0 Å². The first-order valence-corrected chi connectivity index (χ1v) is 6.97. The Balaban J connectivity index is 2.18. The second-order valence-electron chi connectivity index (χ2n) is 5.20. The molecule has 98 valence electrons. The van der Waals surface area contributed by atoms with Gasteiger partial charge in [-0.25, -0.2) is 0 Å². The van der Waals surface area contributed by atoms with E-state index in [-0.39, 0.29) is 0 Å². The Labute approximate surface area is 120 Å². The van der Waals surface area contributed by atoms with Gasteiger partial charge in [0, 0.05) is 0 Å². The van der Waals surface area contributed by atoms with E-state index >= 15 is 0 Å². The number of hydrogen-bond donors (Lipinski definition) is 0. The van der Waals surface area contributed by atoms with E-state index in [0.29, 0.717) is 0 Å². The molecule has 0 spiro atoms. The number of hydrogen-bond acceptors (Lipinski definition) is 0. The average molecular weight is 258 g/mol. The lowest BCUT2D eigenvalue weighted by atomic mass is 9.99. The molecule has 3 aromatic rings. The maximum atomic E-state index is 3.81. The first kappa shape index (κ1) is 12.7. The average Bonchev–Trinajstić information content (AvgIpc) is 2.46. The SMILES string of the molecule is C=CCc1ccc2cc3ccc(CC=C)cc3cc2c1. The third kappa shape index (κ3) is 2.37. The smallest absolute Gasteiger partial charge is 0.00999 e. The summed E-state index contributed by atoms with van der Waals surface area (Å²) in [5, 5.41) is 5.18. The van der Waals surface area contributed by atoms with Crippen LogP contribution in [0.3, 0.4) is 0 Å². The first-order chi connectivity index (χ1) is 9.80. The van der Waals surface area contributed by atoms with Crippen molar-refractivity contribution in [2.45, 2.75) is 12.8 Å². The molecule has 0 heterocycles. The zero-order chi connectivity index (χ0) is 13.9. The summed E-state index contributed by atoms with van der Waals surface area (Å²) < 4.78 is 0. The standard InChI is InChI=1S/C20H18/c1-3-5-15-7-9-17-13-18-10-8-16(6-4-2)12-20(18)14-19(17)11-15/h3-4,7-14H,1-2,5-6H2. The predicted octanol–water partition coefficient (Wildman–Crippen LogP) is 5.45.